The van der Waals surface area contributed by atoms with Crippen LogP contribution in [0.25, 0.3) is 0 Å². The summed E-state index contributed by atoms with van der Waals surface area (Å²) in [7, 11) is 0. The highest BCUT2D eigenvalue weighted by Gasteiger charge is 2.25. The summed E-state index contributed by atoms with van der Waals surface area (Å²) in [5.74, 6) is -2.39. The molecule has 23 heavy (non-hydrogen) atoms. The minimum atomic E-state index is -1.28. The number of carboxylic acid groups (broad SMARTS) is 1. The van der Waals surface area contributed by atoms with Gasteiger partial charge in [-0.2, -0.15) is 11.8 Å². The molecule has 0 spiro atoms. The van der Waals surface area contributed by atoms with Gasteiger partial charge in [0.1, 0.15) is 12.1 Å². The Morgan fingerprint density at radius 3 is 2.22 bits per heavy atom. The molecular formula is C13H24N4O5S. The van der Waals surface area contributed by atoms with Crippen LogP contribution in [0.1, 0.15) is 26.2 Å². The fraction of sp³-hybridized carbons (Fsp3) is 0.692. The summed E-state index contributed by atoms with van der Waals surface area (Å²) in [6, 6.07) is -2.93. The summed E-state index contributed by atoms with van der Waals surface area (Å²) in [6.07, 6.45) is 2.07. The van der Waals surface area contributed by atoms with E-state index >= 15 is 0 Å². The van der Waals surface area contributed by atoms with Gasteiger partial charge in [0.2, 0.25) is 17.7 Å². The van der Waals surface area contributed by atoms with Crippen molar-refractivity contribution in [2.45, 2.75) is 44.3 Å². The first-order valence-corrected chi connectivity index (χ1v) is 8.44. The van der Waals surface area contributed by atoms with Crippen LogP contribution >= 0.6 is 11.8 Å². The highest BCUT2D eigenvalue weighted by atomic mass is 32.2. The van der Waals surface area contributed by atoms with Gasteiger partial charge >= 0.3 is 5.97 Å². The van der Waals surface area contributed by atoms with Gasteiger partial charge in [-0.05, 0) is 31.8 Å². The van der Waals surface area contributed by atoms with Gasteiger partial charge in [-0.15, -0.1) is 0 Å². The van der Waals surface area contributed by atoms with Crippen LogP contribution in [-0.4, -0.2) is 58.9 Å². The van der Waals surface area contributed by atoms with E-state index in [1.807, 2.05) is 6.26 Å². The monoisotopic (exact) mass is 348 g/mol. The molecule has 3 amide bonds. The minimum Gasteiger partial charge on any atom is -0.480 e. The lowest BCUT2D eigenvalue weighted by molar-refractivity contribution is -0.142. The Labute approximate surface area is 138 Å². The van der Waals surface area contributed by atoms with E-state index < -0.39 is 41.8 Å². The minimum absolute atomic E-state index is 0.121. The molecule has 0 heterocycles. The molecule has 0 aliphatic heterocycles. The predicted molar refractivity (Wildman–Crippen MR) is 86.6 cm³/mol. The maximum atomic E-state index is 11.9. The summed E-state index contributed by atoms with van der Waals surface area (Å²) in [5.41, 5.74) is 10.6. The van der Waals surface area contributed by atoms with Crippen molar-refractivity contribution in [2.75, 3.05) is 12.0 Å². The Hall–Kier alpha value is -1.81. The standard InChI is InChI=1S/C13H24N4O5S/c1-7(16-12(20)8(14)5-6-23-2)11(19)17-9(13(21)22)3-4-10(15)18/h7-9H,3-6,14H2,1-2H3,(H2,15,18)(H,16,20)(H,17,19)(H,21,22)/t7-,8-,9-/m0/s1. The number of nitrogens with two attached hydrogens (primary N) is 2. The molecule has 7 N–H and O–H groups in total. The Morgan fingerprint density at radius 2 is 1.74 bits per heavy atom. The molecule has 0 unspecified atom stereocenters. The van der Waals surface area contributed by atoms with Crippen LogP contribution in [0.2, 0.25) is 0 Å². The molecule has 0 aromatic carbocycles. The first-order chi connectivity index (χ1) is 10.7. The van der Waals surface area contributed by atoms with E-state index in [1.54, 1.807) is 11.8 Å². The fourth-order valence-electron chi connectivity index (χ4n) is 1.60. The quantitative estimate of drug-likeness (QED) is 0.300. The second-order valence-electron chi connectivity index (χ2n) is 5.02. The van der Waals surface area contributed by atoms with E-state index in [9.17, 15) is 19.2 Å². The van der Waals surface area contributed by atoms with E-state index in [0.29, 0.717) is 12.2 Å². The van der Waals surface area contributed by atoms with Gasteiger partial charge in [-0.3, -0.25) is 14.4 Å². The molecule has 0 aromatic rings. The van der Waals surface area contributed by atoms with Crippen LogP contribution < -0.4 is 22.1 Å². The maximum absolute atomic E-state index is 11.9. The molecule has 9 nitrogen and oxygen atoms in total. The number of hydrogen-bond donors (Lipinski definition) is 5. The van der Waals surface area contributed by atoms with Crippen molar-refractivity contribution in [1.82, 2.24) is 10.6 Å². The van der Waals surface area contributed by atoms with Crippen LogP contribution in [0.5, 0.6) is 0 Å². The zero-order valence-electron chi connectivity index (χ0n) is 13.2. The molecule has 0 fully saturated rings. The third-order valence-corrected chi connectivity index (χ3v) is 3.66. The number of primary amides is 1. The lowest BCUT2D eigenvalue weighted by atomic mass is 10.1. The second kappa shape index (κ2) is 10.8. The fourth-order valence-corrected chi connectivity index (χ4v) is 2.09. The molecule has 0 bridgehead atoms. The largest absolute Gasteiger partial charge is 0.480 e. The lowest BCUT2D eigenvalue weighted by Crippen LogP contribution is -2.53. The summed E-state index contributed by atoms with van der Waals surface area (Å²) in [6.45, 7) is 1.42. The van der Waals surface area contributed by atoms with Gasteiger partial charge in [0.25, 0.3) is 0 Å². The number of rotatable bonds is 11. The summed E-state index contributed by atoms with van der Waals surface area (Å²) >= 11 is 1.55. The van der Waals surface area contributed by atoms with Gasteiger partial charge in [0.05, 0.1) is 6.04 Å². The first-order valence-electron chi connectivity index (χ1n) is 7.05. The number of amides is 3. The van der Waals surface area contributed by atoms with Gasteiger partial charge in [-0.1, -0.05) is 0 Å². The number of aliphatic carboxylic acids is 1. The van der Waals surface area contributed by atoms with Crippen molar-refractivity contribution < 1.29 is 24.3 Å². The highest BCUT2D eigenvalue weighted by molar-refractivity contribution is 7.98. The molecule has 0 saturated carbocycles. The number of hydrogen-bond acceptors (Lipinski definition) is 6. The zero-order valence-corrected chi connectivity index (χ0v) is 14.0. The molecule has 0 aromatic heterocycles. The third kappa shape index (κ3) is 9.04. The summed E-state index contributed by atoms with van der Waals surface area (Å²) in [4.78, 5) is 45.5. The highest BCUT2D eigenvalue weighted by Crippen LogP contribution is 2.01. The Kier molecular flexibility index (Phi) is 9.99. The van der Waals surface area contributed by atoms with Crippen molar-refractivity contribution in [3.8, 4) is 0 Å². The summed E-state index contributed by atoms with van der Waals surface area (Å²) < 4.78 is 0. The Balaban J connectivity index is 4.48. The predicted octanol–water partition coefficient (Wildman–Crippen LogP) is -1.59. The van der Waals surface area contributed by atoms with Crippen molar-refractivity contribution in [2.24, 2.45) is 11.5 Å². The SMILES string of the molecule is CSCC[C@H](N)C(=O)N[C@@H](C)C(=O)N[C@@H](CCC(N)=O)C(=O)O. The van der Waals surface area contributed by atoms with E-state index in [4.69, 9.17) is 16.6 Å². The van der Waals surface area contributed by atoms with Gasteiger partial charge in [0, 0.05) is 6.42 Å². The van der Waals surface area contributed by atoms with Crippen molar-refractivity contribution in [1.29, 1.82) is 0 Å². The number of carbonyl (C=O) groups is 4. The Morgan fingerprint density at radius 1 is 1.13 bits per heavy atom. The molecule has 10 heteroatoms. The normalized spacial score (nSPS) is 14.4. The average molecular weight is 348 g/mol. The van der Waals surface area contributed by atoms with Crippen molar-refractivity contribution >= 4 is 35.5 Å². The lowest BCUT2D eigenvalue weighted by Gasteiger charge is -2.20. The third-order valence-electron chi connectivity index (χ3n) is 3.02. The van der Waals surface area contributed by atoms with Crippen molar-refractivity contribution in [3.63, 3.8) is 0 Å². The van der Waals surface area contributed by atoms with Crippen LogP contribution in [0.15, 0.2) is 0 Å². The second-order valence-corrected chi connectivity index (χ2v) is 6.01. The van der Waals surface area contributed by atoms with Gasteiger partial charge < -0.3 is 27.2 Å². The van der Waals surface area contributed by atoms with Crippen molar-refractivity contribution in [3.05, 3.63) is 0 Å². The number of thioether (sulfide) groups is 1. The molecule has 0 aliphatic carbocycles. The number of carbonyl (C=O) groups excluding carboxylic acids is 3. The maximum Gasteiger partial charge on any atom is 0.326 e. The van der Waals surface area contributed by atoms with E-state index in [1.165, 1.54) is 6.92 Å². The van der Waals surface area contributed by atoms with E-state index in [2.05, 4.69) is 10.6 Å². The van der Waals surface area contributed by atoms with Crippen LogP contribution in [0.3, 0.4) is 0 Å². The molecular weight excluding hydrogens is 324 g/mol. The summed E-state index contributed by atoms with van der Waals surface area (Å²) in [5, 5.41) is 13.7. The van der Waals surface area contributed by atoms with Crippen LogP contribution in [0.4, 0.5) is 0 Å². The first kappa shape index (κ1) is 21.2. The molecule has 0 radical (unpaired) electrons. The van der Waals surface area contributed by atoms with E-state index in [0.717, 1.165) is 0 Å². The molecule has 0 aliphatic rings. The smallest absolute Gasteiger partial charge is 0.326 e. The topological polar surface area (TPSA) is 165 Å². The van der Waals surface area contributed by atoms with E-state index in [-0.39, 0.29) is 12.8 Å². The van der Waals surface area contributed by atoms with Gasteiger partial charge in [-0.25, -0.2) is 4.79 Å². The van der Waals surface area contributed by atoms with Crippen LogP contribution in [-0.2, 0) is 19.2 Å². The average Bonchev–Trinajstić information content (AvgIpc) is 2.47. The molecule has 132 valence electrons. The van der Waals surface area contributed by atoms with Gasteiger partial charge in [0.15, 0.2) is 0 Å². The van der Waals surface area contributed by atoms with Crippen LogP contribution in [0, 0.1) is 0 Å². The molecule has 0 saturated heterocycles. The number of nitrogens with one attached hydrogen (secondary N) is 2. The number of carboxylic acids is 1. The Bertz CT molecular complexity index is 446. The molecule has 3 atom stereocenters. The zero-order chi connectivity index (χ0) is 18.0. The molecule has 0 rings (SSSR count).